The molecule has 5 rings (SSSR count). The van der Waals surface area contributed by atoms with Crippen molar-refractivity contribution in [2.45, 2.75) is 6.17 Å². The van der Waals surface area contributed by atoms with Gasteiger partial charge in [-0.05, 0) is 29.8 Å². The van der Waals surface area contributed by atoms with Gasteiger partial charge in [0.15, 0.2) is 11.5 Å². The van der Waals surface area contributed by atoms with Gasteiger partial charge in [0.1, 0.15) is 11.9 Å². The number of benzene rings is 3. The number of anilines is 1. The Labute approximate surface area is 167 Å². The molecule has 0 unspecified atom stereocenters. The lowest BCUT2D eigenvalue weighted by atomic mass is 10.1. The minimum Gasteiger partial charge on any atom is -0.497 e. The predicted octanol–water partition coefficient (Wildman–Crippen LogP) is 3.95. The van der Waals surface area contributed by atoms with Crippen LogP contribution in [0.5, 0.6) is 5.75 Å². The van der Waals surface area contributed by atoms with E-state index >= 15 is 0 Å². The second-order valence-electron chi connectivity index (χ2n) is 6.77. The maximum absolute atomic E-state index is 12.8. The van der Waals surface area contributed by atoms with Gasteiger partial charge in [-0.25, -0.2) is 4.68 Å². The summed E-state index contributed by atoms with van der Waals surface area (Å²) in [5.74, 6) is 1.32. The molecule has 1 atom stereocenters. The fraction of sp³-hybridized carbons (Fsp3) is 0.0870. The van der Waals surface area contributed by atoms with Gasteiger partial charge in [-0.1, -0.05) is 54.6 Å². The van der Waals surface area contributed by atoms with E-state index in [-0.39, 0.29) is 11.7 Å². The number of ether oxygens (including phenoxy) is 1. The van der Waals surface area contributed by atoms with E-state index in [9.17, 15) is 4.79 Å². The standard InChI is InChI=1S/C23H18N4O2/c1-29-17-13-11-16(12-14-17)21-24-19-10-6-5-9-18(19)22-25-23(28)20(26-27(21)22)15-7-3-2-4-8-15/h2-14,21,24H,1H3/t21-/m1/s1. The molecule has 142 valence electrons. The molecular weight excluding hydrogens is 364 g/mol. The monoisotopic (exact) mass is 382 g/mol. The van der Waals surface area contributed by atoms with Crippen molar-refractivity contribution in [2.24, 2.45) is 0 Å². The molecule has 3 aromatic carbocycles. The third-order valence-electron chi connectivity index (χ3n) is 5.02. The molecule has 6 nitrogen and oxygen atoms in total. The van der Waals surface area contributed by atoms with E-state index in [0.29, 0.717) is 11.5 Å². The Bertz CT molecular complexity index is 1230. The zero-order valence-corrected chi connectivity index (χ0v) is 15.7. The quantitative estimate of drug-likeness (QED) is 0.581. The first-order valence-corrected chi connectivity index (χ1v) is 9.31. The molecule has 29 heavy (non-hydrogen) atoms. The Hall–Kier alpha value is -3.93. The van der Waals surface area contributed by atoms with Crippen LogP contribution >= 0.6 is 0 Å². The summed E-state index contributed by atoms with van der Waals surface area (Å²) in [5.41, 5.74) is 3.48. The van der Waals surface area contributed by atoms with E-state index in [1.54, 1.807) is 11.8 Å². The first-order valence-electron chi connectivity index (χ1n) is 9.31. The molecule has 0 saturated heterocycles. The number of nitrogens with one attached hydrogen (secondary N) is 1. The average Bonchev–Trinajstić information content (AvgIpc) is 2.79. The van der Waals surface area contributed by atoms with Crippen molar-refractivity contribution in [2.75, 3.05) is 12.4 Å². The second kappa shape index (κ2) is 6.91. The van der Waals surface area contributed by atoms with E-state index in [2.05, 4.69) is 10.3 Å². The molecule has 2 heterocycles. The molecule has 1 aliphatic heterocycles. The van der Waals surface area contributed by atoms with Crippen LogP contribution in [0.1, 0.15) is 11.7 Å². The maximum atomic E-state index is 12.8. The zero-order chi connectivity index (χ0) is 19.8. The zero-order valence-electron chi connectivity index (χ0n) is 15.7. The van der Waals surface area contributed by atoms with E-state index in [0.717, 1.165) is 28.1 Å². The molecule has 6 heteroatoms. The molecular formula is C23H18N4O2. The van der Waals surface area contributed by atoms with Crippen LogP contribution in [0.4, 0.5) is 5.69 Å². The van der Waals surface area contributed by atoms with Crippen LogP contribution in [-0.4, -0.2) is 21.9 Å². The van der Waals surface area contributed by atoms with E-state index in [1.807, 2.05) is 78.9 Å². The number of nitrogens with zero attached hydrogens (tertiary/aromatic N) is 3. The van der Waals surface area contributed by atoms with Gasteiger partial charge in [-0.2, -0.15) is 10.1 Å². The number of fused-ring (bicyclic) bond motifs is 3. The number of aromatic nitrogens is 3. The summed E-state index contributed by atoms with van der Waals surface area (Å²) in [7, 11) is 1.64. The van der Waals surface area contributed by atoms with Gasteiger partial charge in [-0.15, -0.1) is 0 Å². The molecule has 1 N–H and O–H groups in total. The molecule has 0 amide bonds. The third-order valence-corrected chi connectivity index (χ3v) is 5.02. The Kier molecular flexibility index (Phi) is 4.09. The predicted molar refractivity (Wildman–Crippen MR) is 112 cm³/mol. The molecule has 4 aromatic rings. The highest BCUT2D eigenvalue weighted by atomic mass is 16.5. The fourth-order valence-electron chi connectivity index (χ4n) is 3.56. The van der Waals surface area contributed by atoms with Crippen molar-refractivity contribution in [3.05, 3.63) is 94.8 Å². The first kappa shape index (κ1) is 17.2. The highest BCUT2D eigenvalue weighted by molar-refractivity contribution is 5.76. The molecule has 0 bridgehead atoms. The average molecular weight is 382 g/mol. The maximum Gasteiger partial charge on any atom is 0.300 e. The largest absolute Gasteiger partial charge is 0.497 e. The summed E-state index contributed by atoms with van der Waals surface area (Å²) in [4.78, 5) is 17.2. The van der Waals surface area contributed by atoms with E-state index in [1.165, 1.54) is 0 Å². The smallest absolute Gasteiger partial charge is 0.300 e. The van der Waals surface area contributed by atoms with Crippen LogP contribution in [0.3, 0.4) is 0 Å². The summed E-state index contributed by atoms with van der Waals surface area (Å²) in [6.45, 7) is 0. The van der Waals surface area contributed by atoms with E-state index in [4.69, 9.17) is 9.84 Å². The van der Waals surface area contributed by atoms with Gasteiger partial charge in [0.2, 0.25) is 0 Å². The van der Waals surface area contributed by atoms with Gasteiger partial charge in [0, 0.05) is 16.8 Å². The van der Waals surface area contributed by atoms with Crippen molar-refractivity contribution in [3.8, 4) is 28.4 Å². The van der Waals surface area contributed by atoms with Crippen LogP contribution in [-0.2, 0) is 0 Å². The van der Waals surface area contributed by atoms with Gasteiger partial charge < -0.3 is 10.1 Å². The molecule has 0 saturated carbocycles. The number of rotatable bonds is 3. The summed E-state index contributed by atoms with van der Waals surface area (Å²) < 4.78 is 7.06. The van der Waals surface area contributed by atoms with Gasteiger partial charge in [-0.3, -0.25) is 4.79 Å². The van der Waals surface area contributed by atoms with Crippen molar-refractivity contribution >= 4 is 5.69 Å². The Morgan fingerprint density at radius 2 is 1.66 bits per heavy atom. The minimum absolute atomic E-state index is 0.304. The van der Waals surface area contributed by atoms with Crippen LogP contribution in [0.15, 0.2) is 83.7 Å². The molecule has 0 fully saturated rings. The number of para-hydroxylation sites is 1. The van der Waals surface area contributed by atoms with Crippen molar-refractivity contribution < 1.29 is 4.74 Å². The summed E-state index contributed by atoms with van der Waals surface area (Å²) >= 11 is 0. The lowest BCUT2D eigenvalue weighted by Gasteiger charge is -2.30. The first-order chi connectivity index (χ1) is 14.2. The molecule has 1 aliphatic rings. The number of methoxy groups -OCH3 is 1. The van der Waals surface area contributed by atoms with E-state index < -0.39 is 0 Å². The molecule has 0 spiro atoms. The van der Waals surface area contributed by atoms with Crippen molar-refractivity contribution in [1.82, 2.24) is 14.8 Å². The highest BCUT2D eigenvalue weighted by Crippen LogP contribution is 2.36. The van der Waals surface area contributed by atoms with Gasteiger partial charge >= 0.3 is 0 Å². The Balaban J connectivity index is 1.73. The Morgan fingerprint density at radius 1 is 0.931 bits per heavy atom. The van der Waals surface area contributed by atoms with Crippen molar-refractivity contribution in [1.29, 1.82) is 0 Å². The lowest BCUT2D eigenvalue weighted by molar-refractivity contribution is 0.414. The Morgan fingerprint density at radius 3 is 2.41 bits per heavy atom. The van der Waals surface area contributed by atoms with Gasteiger partial charge in [0.25, 0.3) is 5.56 Å². The van der Waals surface area contributed by atoms with Crippen LogP contribution in [0.2, 0.25) is 0 Å². The topological polar surface area (TPSA) is 69.0 Å². The normalized spacial score (nSPS) is 14.4. The van der Waals surface area contributed by atoms with Crippen molar-refractivity contribution in [3.63, 3.8) is 0 Å². The summed E-state index contributed by atoms with van der Waals surface area (Å²) in [5, 5.41) is 8.25. The number of hydrogen-bond donors (Lipinski definition) is 1. The van der Waals surface area contributed by atoms with Crippen LogP contribution in [0.25, 0.3) is 22.6 Å². The third kappa shape index (κ3) is 2.95. The summed E-state index contributed by atoms with van der Waals surface area (Å²) in [6, 6.07) is 25.0. The fourth-order valence-corrected chi connectivity index (χ4v) is 3.56. The van der Waals surface area contributed by atoms with Gasteiger partial charge in [0.05, 0.1) is 7.11 Å². The second-order valence-corrected chi connectivity index (χ2v) is 6.77. The number of hydrogen-bond acceptors (Lipinski definition) is 5. The lowest BCUT2D eigenvalue weighted by Crippen LogP contribution is -2.32. The highest BCUT2D eigenvalue weighted by Gasteiger charge is 2.27. The molecule has 0 aliphatic carbocycles. The van der Waals surface area contributed by atoms with Crippen LogP contribution in [0, 0.1) is 0 Å². The SMILES string of the molecule is COc1ccc([C@@H]2Nc3ccccc3-c3nc(=O)c(-c4ccccc4)nn32)cc1. The molecule has 0 radical (unpaired) electrons. The summed E-state index contributed by atoms with van der Waals surface area (Å²) in [6.07, 6.45) is -0.304. The minimum atomic E-state index is -0.340. The molecule has 1 aromatic heterocycles. The van der Waals surface area contributed by atoms with Crippen LogP contribution < -0.4 is 15.6 Å².